The van der Waals surface area contributed by atoms with Crippen molar-refractivity contribution in [1.82, 2.24) is 0 Å². The molecule has 2 aromatic carbocycles. The Morgan fingerprint density at radius 1 is 0.893 bits per heavy atom. The number of halogens is 3. The van der Waals surface area contributed by atoms with Gasteiger partial charge in [0.1, 0.15) is 0 Å². The molecule has 0 bridgehead atoms. The van der Waals surface area contributed by atoms with Crippen molar-refractivity contribution in [3.8, 4) is 11.1 Å². The van der Waals surface area contributed by atoms with Crippen molar-refractivity contribution in [2.24, 2.45) is 0 Å². The van der Waals surface area contributed by atoms with Crippen molar-refractivity contribution < 1.29 is 49.4 Å². The second kappa shape index (κ2) is 10.3. The minimum Gasteiger partial charge on any atom is -0.372 e. The van der Waals surface area contributed by atoms with Crippen LogP contribution in [0.15, 0.2) is 24.3 Å². The number of fused-ring (bicyclic) bond motifs is 3. The summed E-state index contributed by atoms with van der Waals surface area (Å²) in [5, 5.41) is 10.8. The van der Waals surface area contributed by atoms with Crippen LogP contribution in [0.3, 0.4) is 0 Å². The van der Waals surface area contributed by atoms with E-state index < -0.39 is 11.8 Å². The van der Waals surface area contributed by atoms with Crippen LogP contribution < -0.4 is 0 Å². The molecule has 0 radical (unpaired) electrons. The number of rotatable bonds is 1. The Balaban J connectivity index is 0.00000137. The van der Waals surface area contributed by atoms with E-state index in [1.165, 1.54) is 6.07 Å². The summed E-state index contributed by atoms with van der Waals surface area (Å²) in [6.07, 6.45) is -4.14. The van der Waals surface area contributed by atoms with Crippen molar-refractivity contribution in [2.75, 3.05) is 0 Å². The average molecular weight is 619 g/mol. The minimum atomic E-state index is -4.77. The normalized spacial score (nSPS) is 16.6. The Morgan fingerprint density at radius 3 is 1.86 bits per heavy atom. The molecule has 28 heavy (non-hydrogen) atoms. The summed E-state index contributed by atoms with van der Waals surface area (Å²) in [5.74, 6) is 0. The summed E-state index contributed by atoms with van der Waals surface area (Å²) < 4.78 is 41.7. The van der Waals surface area contributed by atoms with Gasteiger partial charge in [0.05, 0.1) is 0 Å². The molecular formula is C23H31F3OU. The maximum atomic E-state index is 13.9. The van der Waals surface area contributed by atoms with E-state index in [9.17, 15) is 18.3 Å². The van der Waals surface area contributed by atoms with Crippen LogP contribution >= 0.6 is 0 Å². The molecule has 0 heterocycles. The molecule has 0 fully saturated rings. The molecular weight excluding hydrogens is 587 g/mol. The Kier molecular flexibility index (Phi) is 10.0. The van der Waals surface area contributed by atoms with E-state index in [0.717, 1.165) is 16.7 Å². The molecule has 0 aromatic heterocycles. The summed E-state index contributed by atoms with van der Waals surface area (Å²) in [6.45, 7) is 15.4. The van der Waals surface area contributed by atoms with Crippen LogP contribution in [0.5, 0.6) is 0 Å². The molecule has 0 spiro atoms. The molecule has 1 unspecified atom stereocenters. The summed E-state index contributed by atoms with van der Waals surface area (Å²) in [4.78, 5) is 0. The third-order valence-corrected chi connectivity index (χ3v) is 5.18. The summed E-state index contributed by atoms with van der Waals surface area (Å²) >= 11 is 0. The van der Waals surface area contributed by atoms with Crippen LogP contribution in [0, 0.1) is 51.9 Å². The number of alkyl halides is 3. The van der Waals surface area contributed by atoms with E-state index in [4.69, 9.17) is 0 Å². The molecule has 5 heteroatoms. The standard InChI is InChI=1S/C19H19F3O.2C2H6.U/c1-5-13-10(2)11(3)16-14-8-6-7-9-15(14)18(23,19(20,21)22)17(16)12(13)4;2*1-2;/h6-9,23H,5H2,1-4H3;2*1-2H3;. The topological polar surface area (TPSA) is 20.2 Å². The van der Waals surface area contributed by atoms with Crippen molar-refractivity contribution in [1.29, 1.82) is 0 Å². The van der Waals surface area contributed by atoms with E-state index in [-0.39, 0.29) is 42.2 Å². The number of aliphatic hydroxyl groups is 1. The molecule has 0 aliphatic heterocycles. The van der Waals surface area contributed by atoms with Gasteiger partial charge in [-0.25, -0.2) is 0 Å². The smallest absolute Gasteiger partial charge is 0.372 e. The second-order valence-corrected chi connectivity index (χ2v) is 6.21. The minimum absolute atomic E-state index is 0. The van der Waals surface area contributed by atoms with Gasteiger partial charge in [-0.1, -0.05) is 58.9 Å². The molecule has 1 aliphatic rings. The van der Waals surface area contributed by atoms with Crippen molar-refractivity contribution >= 4 is 0 Å². The molecule has 1 nitrogen and oxygen atoms in total. The zero-order valence-electron chi connectivity index (χ0n) is 18.1. The Labute approximate surface area is 191 Å². The molecule has 0 amide bonds. The van der Waals surface area contributed by atoms with Gasteiger partial charge >= 0.3 is 6.18 Å². The molecule has 3 rings (SSSR count). The monoisotopic (exact) mass is 618 g/mol. The Morgan fingerprint density at radius 2 is 1.39 bits per heavy atom. The quantitative estimate of drug-likeness (QED) is 0.365. The van der Waals surface area contributed by atoms with Gasteiger partial charge in [-0.15, -0.1) is 0 Å². The largest absolute Gasteiger partial charge is 0.425 e. The predicted octanol–water partition coefficient (Wildman–Crippen LogP) is 7.01. The maximum Gasteiger partial charge on any atom is 0.425 e. The molecule has 154 valence electrons. The van der Waals surface area contributed by atoms with Gasteiger partial charge in [0.25, 0.3) is 0 Å². The summed E-state index contributed by atoms with van der Waals surface area (Å²) in [7, 11) is 0. The fourth-order valence-electron chi connectivity index (χ4n) is 3.99. The fraction of sp³-hybridized carbons (Fsp3) is 0.478. The number of hydrogen-bond acceptors (Lipinski definition) is 1. The molecule has 1 N–H and O–H groups in total. The molecule has 2 aromatic rings. The van der Waals surface area contributed by atoms with Gasteiger partial charge in [-0.2, -0.15) is 13.2 Å². The van der Waals surface area contributed by atoms with E-state index >= 15 is 0 Å². The summed E-state index contributed by atoms with van der Waals surface area (Å²) in [6, 6.07) is 6.29. The van der Waals surface area contributed by atoms with Crippen molar-refractivity contribution in [2.45, 2.75) is 73.6 Å². The van der Waals surface area contributed by atoms with Gasteiger partial charge in [-0.3, -0.25) is 0 Å². The van der Waals surface area contributed by atoms with Gasteiger partial charge in [0.2, 0.25) is 5.60 Å². The molecule has 1 aliphatic carbocycles. The van der Waals surface area contributed by atoms with E-state index in [1.54, 1.807) is 25.1 Å². The Bertz CT molecular complexity index is 812. The fourth-order valence-corrected chi connectivity index (χ4v) is 3.99. The molecule has 0 saturated carbocycles. The van der Waals surface area contributed by atoms with E-state index in [0.29, 0.717) is 23.1 Å². The third-order valence-electron chi connectivity index (χ3n) is 5.18. The number of hydrogen-bond donors (Lipinski definition) is 1. The molecule has 0 saturated heterocycles. The molecule has 1 atom stereocenters. The SMILES string of the molecule is CC.CC.CCc1c(C)c(C)c2c(c1C)C(O)(C(F)(F)F)c1ccccc1-2.[U]. The second-order valence-electron chi connectivity index (χ2n) is 6.21. The van der Waals surface area contributed by atoms with Gasteiger partial charge in [0.15, 0.2) is 0 Å². The van der Waals surface area contributed by atoms with Crippen LogP contribution in [-0.2, 0) is 12.0 Å². The first kappa shape index (κ1) is 27.2. The van der Waals surface area contributed by atoms with Gasteiger partial charge < -0.3 is 5.11 Å². The van der Waals surface area contributed by atoms with E-state index in [1.807, 2.05) is 48.5 Å². The predicted molar refractivity (Wildman–Crippen MR) is 107 cm³/mol. The van der Waals surface area contributed by atoms with Crippen molar-refractivity contribution in [3.05, 3.63) is 57.6 Å². The van der Waals surface area contributed by atoms with Crippen LogP contribution in [0.25, 0.3) is 11.1 Å². The average Bonchev–Trinajstić information content (AvgIpc) is 2.94. The van der Waals surface area contributed by atoms with Crippen LogP contribution in [0.4, 0.5) is 13.2 Å². The first-order chi connectivity index (χ1) is 12.7. The van der Waals surface area contributed by atoms with Crippen molar-refractivity contribution in [3.63, 3.8) is 0 Å². The Hall–Kier alpha value is -0.758. The van der Waals surface area contributed by atoms with Gasteiger partial charge in [-0.05, 0) is 60.6 Å². The van der Waals surface area contributed by atoms with Crippen LogP contribution in [0.2, 0.25) is 0 Å². The van der Waals surface area contributed by atoms with Gasteiger partial charge in [0, 0.05) is 42.2 Å². The third kappa shape index (κ3) is 3.96. The first-order valence-electron chi connectivity index (χ1n) is 9.68. The van der Waals surface area contributed by atoms with E-state index in [2.05, 4.69) is 0 Å². The first-order valence-corrected chi connectivity index (χ1v) is 9.68. The maximum absolute atomic E-state index is 13.9. The number of benzene rings is 2. The van der Waals surface area contributed by atoms with Crippen LogP contribution in [-0.4, -0.2) is 11.3 Å². The zero-order valence-corrected chi connectivity index (χ0v) is 22.3. The summed E-state index contributed by atoms with van der Waals surface area (Å²) in [5.41, 5.74) is 1.26. The van der Waals surface area contributed by atoms with Crippen LogP contribution in [0.1, 0.15) is 68.0 Å². The zero-order chi connectivity index (χ0) is 21.2.